The van der Waals surface area contributed by atoms with Crippen LogP contribution in [0.3, 0.4) is 0 Å². The molecule has 0 saturated heterocycles. The number of hydrogen-bond acceptors (Lipinski definition) is 10. The minimum atomic E-state index is -0.904. The van der Waals surface area contributed by atoms with Crippen LogP contribution in [0.2, 0.25) is 0 Å². The summed E-state index contributed by atoms with van der Waals surface area (Å²) in [4.78, 5) is 37.2. The first-order chi connectivity index (χ1) is 20.2. The summed E-state index contributed by atoms with van der Waals surface area (Å²) >= 11 is 0. The number of benzene rings is 2. The highest BCUT2D eigenvalue weighted by Crippen LogP contribution is 2.39. The van der Waals surface area contributed by atoms with E-state index < -0.39 is 17.9 Å². The van der Waals surface area contributed by atoms with Gasteiger partial charge in [-0.15, -0.1) is 0 Å². The number of carbonyl (C=O) groups excluding carboxylic acids is 3. The van der Waals surface area contributed by atoms with Crippen LogP contribution in [0.5, 0.6) is 34.5 Å². The van der Waals surface area contributed by atoms with Crippen molar-refractivity contribution in [1.82, 2.24) is 10.6 Å². The Morgan fingerprint density at radius 2 is 1.10 bits per heavy atom. The molecule has 0 saturated carbocycles. The molecule has 2 aromatic rings. The lowest BCUT2D eigenvalue weighted by molar-refractivity contribution is -0.144. The molecule has 12 heteroatoms. The quantitative estimate of drug-likeness (QED) is 0.171. The summed E-state index contributed by atoms with van der Waals surface area (Å²) in [7, 11) is 10.2. The predicted molar refractivity (Wildman–Crippen MR) is 156 cm³/mol. The molecule has 0 heterocycles. The van der Waals surface area contributed by atoms with Crippen LogP contribution < -0.4 is 39.1 Å². The highest BCUT2D eigenvalue weighted by Gasteiger charge is 2.20. The van der Waals surface area contributed by atoms with Crippen molar-refractivity contribution in [3.8, 4) is 34.5 Å². The lowest BCUT2D eigenvalue weighted by Gasteiger charge is -2.15. The summed E-state index contributed by atoms with van der Waals surface area (Å²) in [6, 6.07) is 5.89. The molecular weight excluding hydrogens is 548 g/mol. The number of rotatable bonds is 16. The molecule has 0 aliphatic carbocycles. The molecule has 0 aromatic heterocycles. The van der Waals surface area contributed by atoms with Gasteiger partial charge in [-0.3, -0.25) is 9.59 Å². The van der Waals surface area contributed by atoms with E-state index in [-0.39, 0.29) is 18.9 Å². The highest BCUT2D eigenvalue weighted by atomic mass is 16.5. The average molecular weight is 587 g/mol. The largest absolute Gasteiger partial charge is 0.493 e. The molecule has 1 atom stereocenters. The second-order valence-corrected chi connectivity index (χ2v) is 8.60. The molecule has 0 radical (unpaired) electrons. The standard InChI is InChI=1S/C30H38N2O10/c1-36-22-15-19(16-23(37-2)28(22)40-5)10-12-26(33)31-14-8-9-21(30(35)42-7)32-27(34)13-11-20-17-24(38-3)29(41-6)25(18-20)39-4/h10-13,15-18,21H,8-9,14H2,1-7H3,(H,31,33)(H,32,34)/b12-10+,13-11+. The Morgan fingerprint density at radius 3 is 1.48 bits per heavy atom. The Balaban J connectivity index is 1.95. The van der Waals surface area contributed by atoms with Gasteiger partial charge in [0.25, 0.3) is 0 Å². The van der Waals surface area contributed by atoms with Gasteiger partial charge in [0.2, 0.25) is 23.3 Å². The van der Waals surface area contributed by atoms with Crippen LogP contribution in [0.25, 0.3) is 12.2 Å². The fourth-order valence-corrected chi connectivity index (χ4v) is 3.93. The minimum Gasteiger partial charge on any atom is -0.493 e. The number of amides is 2. The van der Waals surface area contributed by atoms with Gasteiger partial charge in [-0.2, -0.15) is 0 Å². The Bertz CT molecular complexity index is 1240. The van der Waals surface area contributed by atoms with E-state index >= 15 is 0 Å². The van der Waals surface area contributed by atoms with Crippen molar-refractivity contribution in [3.05, 3.63) is 47.5 Å². The number of ether oxygens (including phenoxy) is 7. The number of nitrogens with one attached hydrogen (secondary N) is 2. The zero-order valence-corrected chi connectivity index (χ0v) is 24.9. The number of methoxy groups -OCH3 is 7. The Morgan fingerprint density at radius 1 is 0.667 bits per heavy atom. The van der Waals surface area contributed by atoms with Crippen LogP contribution in [0.15, 0.2) is 36.4 Å². The molecule has 0 spiro atoms. The van der Waals surface area contributed by atoms with E-state index in [0.717, 1.165) is 0 Å². The molecular formula is C30H38N2O10. The maximum absolute atomic E-state index is 12.6. The lowest BCUT2D eigenvalue weighted by atomic mass is 10.1. The van der Waals surface area contributed by atoms with Gasteiger partial charge in [0, 0.05) is 18.7 Å². The summed E-state index contributed by atoms with van der Waals surface area (Å²) in [5, 5.41) is 5.39. The number of carbonyl (C=O) groups is 3. The first-order valence-electron chi connectivity index (χ1n) is 12.9. The second kappa shape index (κ2) is 17.1. The van der Waals surface area contributed by atoms with Gasteiger partial charge in [-0.05, 0) is 60.4 Å². The van der Waals surface area contributed by atoms with Gasteiger partial charge >= 0.3 is 5.97 Å². The first-order valence-corrected chi connectivity index (χ1v) is 12.9. The summed E-state index contributed by atoms with van der Waals surface area (Å²) in [6.45, 7) is 0.267. The van der Waals surface area contributed by atoms with E-state index in [0.29, 0.717) is 52.0 Å². The molecule has 0 aliphatic heterocycles. The molecule has 2 rings (SSSR count). The van der Waals surface area contributed by atoms with E-state index in [1.54, 1.807) is 36.4 Å². The fraction of sp³-hybridized carbons (Fsp3) is 0.367. The van der Waals surface area contributed by atoms with E-state index in [2.05, 4.69) is 10.6 Å². The van der Waals surface area contributed by atoms with Crippen molar-refractivity contribution in [2.45, 2.75) is 18.9 Å². The van der Waals surface area contributed by atoms with Crippen molar-refractivity contribution in [3.63, 3.8) is 0 Å². The zero-order valence-electron chi connectivity index (χ0n) is 24.9. The molecule has 228 valence electrons. The van der Waals surface area contributed by atoms with Crippen LogP contribution in [0, 0.1) is 0 Å². The van der Waals surface area contributed by atoms with Crippen LogP contribution >= 0.6 is 0 Å². The van der Waals surface area contributed by atoms with E-state index in [1.165, 1.54) is 61.9 Å². The van der Waals surface area contributed by atoms with Gasteiger partial charge in [0.15, 0.2) is 23.0 Å². The Kier molecular flexibility index (Phi) is 13.5. The summed E-state index contributed by atoms with van der Waals surface area (Å²) in [5.74, 6) is 1.23. The van der Waals surface area contributed by atoms with Crippen molar-refractivity contribution in [1.29, 1.82) is 0 Å². The van der Waals surface area contributed by atoms with E-state index in [9.17, 15) is 14.4 Å². The summed E-state index contributed by atoms with van der Waals surface area (Å²) in [5.41, 5.74) is 1.30. The van der Waals surface area contributed by atoms with Crippen LogP contribution in [0.4, 0.5) is 0 Å². The van der Waals surface area contributed by atoms with Gasteiger partial charge < -0.3 is 43.8 Å². The Labute approximate surface area is 245 Å². The van der Waals surface area contributed by atoms with Crippen molar-refractivity contribution in [2.75, 3.05) is 56.3 Å². The topological polar surface area (TPSA) is 140 Å². The van der Waals surface area contributed by atoms with Gasteiger partial charge in [-0.25, -0.2) is 4.79 Å². The third kappa shape index (κ3) is 9.36. The highest BCUT2D eigenvalue weighted by molar-refractivity contribution is 5.95. The van der Waals surface area contributed by atoms with Gasteiger partial charge in [0.1, 0.15) is 6.04 Å². The van der Waals surface area contributed by atoms with Crippen molar-refractivity contribution < 1.29 is 47.5 Å². The number of hydrogen-bond donors (Lipinski definition) is 2. The minimum absolute atomic E-state index is 0.243. The average Bonchev–Trinajstić information content (AvgIpc) is 3.02. The van der Waals surface area contributed by atoms with Crippen molar-refractivity contribution in [2.24, 2.45) is 0 Å². The molecule has 42 heavy (non-hydrogen) atoms. The molecule has 2 amide bonds. The molecule has 0 aliphatic rings. The monoisotopic (exact) mass is 586 g/mol. The predicted octanol–water partition coefficient (Wildman–Crippen LogP) is 3.02. The molecule has 0 bridgehead atoms. The summed E-state index contributed by atoms with van der Waals surface area (Å²) < 4.78 is 36.7. The van der Waals surface area contributed by atoms with Gasteiger partial charge in [-0.1, -0.05) is 0 Å². The first kappa shape index (κ1) is 33.3. The van der Waals surface area contributed by atoms with E-state index in [1.807, 2.05) is 0 Å². The smallest absolute Gasteiger partial charge is 0.328 e. The Hall–Kier alpha value is -4.87. The zero-order chi connectivity index (χ0) is 31.1. The SMILES string of the molecule is COC(=O)C(CCCNC(=O)/C=C/c1cc(OC)c(OC)c(OC)c1)NC(=O)/C=C/c1cc(OC)c(OC)c(OC)c1. The molecule has 1 unspecified atom stereocenters. The van der Waals surface area contributed by atoms with Gasteiger partial charge in [0.05, 0.1) is 49.8 Å². The third-order valence-electron chi connectivity index (χ3n) is 6.00. The molecule has 2 N–H and O–H groups in total. The number of esters is 1. The second-order valence-electron chi connectivity index (χ2n) is 8.60. The summed E-state index contributed by atoms with van der Waals surface area (Å²) in [6.07, 6.45) is 6.46. The fourth-order valence-electron chi connectivity index (χ4n) is 3.93. The maximum Gasteiger partial charge on any atom is 0.328 e. The van der Waals surface area contributed by atoms with Crippen LogP contribution in [-0.2, 0) is 19.1 Å². The normalized spacial score (nSPS) is 11.5. The molecule has 2 aromatic carbocycles. The molecule has 12 nitrogen and oxygen atoms in total. The van der Waals surface area contributed by atoms with E-state index in [4.69, 9.17) is 33.2 Å². The molecule has 0 fully saturated rings. The van der Waals surface area contributed by atoms with Crippen molar-refractivity contribution >= 4 is 29.9 Å². The maximum atomic E-state index is 12.6. The lowest BCUT2D eigenvalue weighted by Crippen LogP contribution is -2.41. The third-order valence-corrected chi connectivity index (χ3v) is 6.00. The van der Waals surface area contributed by atoms with Crippen LogP contribution in [-0.4, -0.2) is 80.1 Å². The van der Waals surface area contributed by atoms with Crippen LogP contribution in [0.1, 0.15) is 24.0 Å².